The Bertz CT molecular complexity index is 1320. The Balaban J connectivity index is 1.88. The zero-order valence-electron chi connectivity index (χ0n) is 20.5. The second-order valence-corrected chi connectivity index (χ2v) is 8.54. The van der Waals surface area contributed by atoms with Gasteiger partial charge in [-0.25, -0.2) is 4.98 Å². The number of pyridine rings is 1. The van der Waals surface area contributed by atoms with Gasteiger partial charge in [-0.2, -0.15) is 5.26 Å². The quantitative estimate of drug-likeness (QED) is 0.457. The van der Waals surface area contributed by atoms with Gasteiger partial charge in [0.25, 0.3) is 0 Å². The molecule has 0 radical (unpaired) electrons. The second kappa shape index (κ2) is 10.4. The average Bonchev–Trinajstić information content (AvgIpc) is 2.88. The van der Waals surface area contributed by atoms with Crippen LogP contribution in [0, 0.1) is 18.3 Å². The number of ketones is 1. The van der Waals surface area contributed by atoms with E-state index in [0.29, 0.717) is 42.2 Å². The van der Waals surface area contributed by atoms with Crippen LogP contribution in [0.4, 0.5) is 5.69 Å². The van der Waals surface area contributed by atoms with E-state index in [1.165, 1.54) is 0 Å². The highest BCUT2D eigenvalue weighted by molar-refractivity contribution is 6.01. The minimum absolute atomic E-state index is 0.0462. The number of Topliss-reactive ketones (excluding diaryl/α,β-unsaturated/α-hetero) is 1. The lowest BCUT2D eigenvalue weighted by atomic mass is 9.77. The van der Waals surface area contributed by atoms with Gasteiger partial charge in [0.1, 0.15) is 5.75 Å². The minimum atomic E-state index is -0.453. The Labute approximate surface area is 206 Å². The summed E-state index contributed by atoms with van der Waals surface area (Å²) in [6.45, 7) is 6.27. The second-order valence-electron chi connectivity index (χ2n) is 8.54. The summed E-state index contributed by atoms with van der Waals surface area (Å²) in [4.78, 5) is 18.4. The van der Waals surface area contributed by atoms with Crippen molar-refractivity contribution in [1.29, 1.82) is 5.26 Å². The van der Waals surface area contributed by atoms with Crippen molar-refractivity contribution in [3.8, 4) is 17.7 Å². The predicted molar refractivity (Wildman–Crippen MR) is 136 cm³/mol. The molecule has 0 aliphatic carbocycles. The van der Waals surface area contributed by atoms with Crippen LogP contribution in [-0.2, 0) is 11.2 Å². The van der Waals surface area contributed by atoms with E-state index in [0.717, 1.165) is 33.6 Å². The summed E-state index contributed by atoms with van der Waals surface area (Å²) in [5, 5.41) is 12.9. The van der Waals surface area contributed by atoms with Gasteiger partial charge in [-0.05, 0) is 50.5 Å². The van der Waals surface area contributed by atoms with Gasteiger partial charge in [-0.1, -0.05) is 36.4 Å². The van der Waals surface area contributed by atoms with Crippen molar-refractivity contribution in [1.82, 2.24) is 4.98 Å². The fourth-order valence-electron chi connectivity index (χ4n) is 4.65. The van der Waals surface area contributed by atoms with Crippen LogP contribution < -0.4 is 14.8 Å². The van der Waals surface area contributed by atoms with Crippen LogP contribution in [-0.4, -0.2) is 24.5 Å². The first-order valence-corrected chi connectivity index (χ1v) is 11.7. The summed E-state index contributed by atoms with van der Waals surface area (Å²) in [6, 6.07) is 17.5. The van der Waals surface area contributed by atoms with Gasteiger partial charge in [-0.3, -0.25) is 4.79 Å². The molecule has 0 saturated carbocycles. The normalized spacial score (nSPS) is 14.5. The van der Waals surface area contributed by atoms with Crippen LogP contribution >= 0.6 is 0 Å². The number of hydrogen-bond acceptors (Lipinski definition) is 6. The zero-order chi connectivity index (χ0) is 24.9. The van der Waals surface area contributed by atoms with Crippen LogP contribution in [0.3, 0.4) is 0 Å². The number of anilines is 1. The number of fused-ring (bicyclic) bond motifs is 1. The molecule has 0 fully saturated rings. The molecule has 3 aromatic rings. The Morgan fingerprint density at radius 3 is 2.63 bits per heavy atom. The van der Waals surface area contributed by atoms with E-state index in [1.54, 1.807) is 25.4 Å². The number of nitriles is 1. The number of hydrogen-bond donors (Lipinski definition) is 1. The number of carbonyl (C=O) groups is 1. The van der Waals surface area contributed by atoms with Crippen LogP contribution in [0.15, 0.2) is 66.0 Å². The first kappa shape index (κ1) is 24.0. The van der Waals surface area contributed by atoms with Crippen LogP contribution in [0.25, 0.3) is 0 Å². The third-order valence-electron chi connectivity index (χ3n) is 6.30. The molecule has 1 N–H and O–H groups in total. The molecule has 0 spiro atoms. The predicted octanol–water partition coefficient (Wildman–Crippen LogP) is 5.70. The number of nitrogens with one attached hydrogen (secondary N) is 1. The number of aromatic nitrogens is 1. The van der Waals surface area contributed by atoms with Crippen molar-refractivity contribution < 1.29 is 14.3 Å². The van der Waals surface area contributed by atoms with Gasteiger partial charge >= 0.3 is 0 Å². The van der Waals surface area contributed by atoms with Crippen LogP contribution in [0.5, 0.6) is 11.6 Å². The maximum absolute atomic E-state index is 13.8. The number of rotatable bonds is 8. The SMILES string of the molecule is CCOc1ncc(C)c2c1C(c1ccc(C#N)cc1OC)C(C(=O)CCc1ccccc1)=C(C)N2. The summed E-state index contributed by atoms with van der Waals surface area (Å²) in [6.07, 6.45) is 2.79. The lowest BCUT2D eigenvalue weighted by Crippen LogP contribution is -2.25. The zero-order valence-corrected chi connectivity index (χ0v) is 20.5. The molecule has 6 nitrogen and oxygen atoms in total. The maximum atomic E-state index is 13.8. The topological polar surface area (TPSA) is 84.2 Å². The van der Waals surface area contributed by atoms with E-state index >= 15 is 0 Å². The highest BCUT2D eigenvalue weighted by Crippen LogP contribution is 2.49. The van der Waals surface area contributed by atoms with Crippen molar-refractivity contribution in [3.63, 3.8) is 0 Å². The fraction of sp³-hybridized carbons (Fsp3) is 0.276. The molecule has 178 valence electrons. The highest BCUT2D eigenvalue weighted by Gasteiger charge is 2.37. The molecule has 1 unspecified atom stereocenters. The number of carbonyl (C=O) groups excluding carboxylic acids is 1. The Hall–Kier alpha value is -4.11. The number of benzene rings is 2. The molecule has 1 aromatic heterocycles. The Morgan fingerprint density at radius 2 is 1.94 bits per heavy atom. The summed E-state index contributed by atoms with van der Waals surface area (Å²) in [5.74, 6) is 0.626. The van der Waals surface area contributed by atoms with Crippen molar-refractivity contribution in [2.24, 2.45) is 0 Å². The molecule has 1 aliphatic rings. The smallest absolute Gasteiger partial charge is 0.219 e. The van der Waals surface area contributed by atoms with Gasteiger partial charge in [0.15, 0.2) is 5.78 Å². The summed E-state index contributed by atoms with van der Waals surface area (Å²) in [7, 11) is 1.58. The lowest BCUT2D eigenvalue weighted by Gasteiger charge is -2.33. The van der Waals surface area contributed by atoms with Gasteiger partial charge in [0, 0.05) is 29.5 Å². The molecule has 0 amide bonds. The molecule has 1 aliphatic heterocycles. The Morgan fingerprint density at radius 1 is 1.17 bits per heavy atom. The summed E-state index contributed by atoms with van der Waals surface area (Å²) < 4.78 is 11.7. The van der Waals surface area contributed by atoms with Crippen LogP contribution in [0.1, 0.15) is 54.0 Å². The van der Waals surface area contributed by atoms with Crippen molar-refractivity contribution in [2.45, 2.75) is 39.5 Å². The molecule has 0 saturated heterocycles. The van der Waals surface area contributed by atoms with Crippen molar-refractivity contribution in [2.75, 3.05) is 19.0 Å². The van der Waals surface area contributed by atoms with Crippen LogP contribution in [0.2, 0.25) is 0 Å². The lowest BCUT2D eigenvalue weighted by molar-refractivity contribution is -0.115. The van der Waals surface area contributed by atoms with E-state index in [2.05, 4.69) is 16.4 Å². The Kier molecular flexibility index (Phi) is 7.17. The third-order valence-corrected chi connectivity index (χ3v) is 6.30. The van der Waals surface area contributed by atoms with Crippen molar-refractivity contribution >= 4 is 11.5 Å². The standard InChI is InChI=1S/C29H29N3O3/c1-5-35-29-27-26(22-13-11-21(16-30)15-24(22)34-4)25(19(3)32-28(27)18(2)17-31-29)23(33)14-12-20-9-7-6-8-10-20/h6-11,13,15,17,26,32H,5,12,14H2,1-4H3. The first-order chi connectivity index (χ1) is 17.0. The molecular formula is C29H29N3O3. The highest BCUT2D eigenvalue weighted by atomic mass is 16.5. The molecule has 35 heavy (non-hydrogen) atoms. The van der Waals surface area contributed by atoms with E-state index < -0.39 is 5.92 Å². The molecular weight excluding hydrogens is 438 g/mol. The maximum Gasteiger partial charge on any atom is 0.219 e. The monoisotopic (exact) mass is 467 g/mol. The third kappa shape index (κ3) is 4.76. The fourth-order valence-corrected chi connectivity index (χ4v) is 4.65. The summed E-state index contributed by atoms with van der Waals surface area (Å²) in [5.41, 5.74) is 6.50. The molecule has 2 aromatic carbocycles. The van der Waals surface area contributed by atoms with Gasteiger partial charge < -0.3 is 14.8 Å². The van der Waals surface area contributed by atoms with E-state index in [-0.39, 0.29) is 5.78 Å². The van der Waals surface area contributed by atoms with Gasteiger partial charge in [-0.15, -0.1) is 0 Å². The minimum Gasteiger partial charge on any atom is -0.496 e. The summed E-state index contributed by atoms with van der Waals surface area (Å²) >= 11 is 0. The molecule has 6 heteroatoms. The molecule has 4 rings (SSSR count). The van der Waals surface area contributed by atoms with E-state index in [1.807, 2.05) is 57.2 Å². The largest absolute Gasteiger partial charge is 0.496 e. The van der Waals surface area contributed by atoms with Crippen molar-refractivity contribution in [3.05, 3.63) is 93.8 Å². The van der Waals surface area contributed by atoms with E-state index in [4.69, 9.17) is 9.47 Å². The molecule has 1 atom stereocenters. The molecule has 0 bridgehead atoms. The average molecular weight is 468 g/mol. The number of nitrogens with zero attached hydrogens (tertiary/aromatic N) is 2. The number of allylic oxidation sites excluding steroid dienone is 2. The molecule has 2 heterocycles. The number of methoxy groups -OCH3 is 1. The number of aryl methyl sites for hydroxylation is 2. The van der Waals surface area contributed by atoms with Gasteiger partial charge in [0.2, 0.25) is 5.88 Å². The van der Waals surface area contributed by atoms with Gasteiger partial charge in [0.05, 0.1) is 42.5 Å². The van der Waals surface area contributed by atoms with E-state index in [9.17, 15) is 10.1 Å². The number of ether oxygens (including phenoxy) is 2. The first-order valence-electron chi connectivity index (χ1n) is 11.7.